The maximum absolute atomic E-state index is 4.37. The summed E-state index contributed by atoms with van der Waals surface area (Å²) in [7, 11) is 0. The molecule has 0 aromatic heterocycles. The van der Waals surface area contributed by atoms with Crippen LogP contribution in [0.3, 0.4) is 0 Å². The van der Waals surface area contributed by atoms with Gasteiger partial charge in [-0.3, -0.25) is 9.98 Å². The first-order valence-electron chi connectivity index (χ1n) is 3.82. The molecule has 1 aliphatic heterocycles. The van der Waals surface area contributed by atoms with Crippen LogP contribution in [0.5, 0.6) is 0 Å². The molecule has 2 nitrogen and oxygen atoms in total. The summed E-state index contributed by atoms with van der Waals surface area (Å²) in [4.78, 5) is 8.72. The van der Waals surface area contributed by atoms with Gasteiger partial charge in [-0.25, -0.2) is 0 Å². The molecule has 0 amide bonds. The standard InChI is InChI=1S/C9H9N2/c1-2-9-10-7-5-3-4-6-8(7)11-9/h3-5,9H,2H2,1H3. The summed E-state index contributed by atoms with van der Waals surface area (Å²) >= 11 is 0. The largest absolute Gasteiger partial charge is 0.256 e. The Hall–Kier alpha value is -1.18. The van der Waals surface area contributed by atoms with Gasteiger partial charge in [-0.15, -0.1) is 0 Å². The van der Waals surface area contributed by atoms with Crippen LogP contribution in [0.1, 0.15) is 13.3 Å². The topological polar surface area (TPSA) is 24.7 Å². The molecule has 0 spiro atoms. The van der Waals surface area contributed by atoms with Crippen molar-refractivity contribution >= 4 is 0 Å². The summed E-state index contributed by atoms with van der Waals surface area (Å²) < 4.78 is 0. The first-order valence-corrected chi connectivity index (χ1v) is 3.82. The summed E-state index contributed by atoms with van der Waals surface area (Å²) in [5.74, 6) is 0. The third-order valence-electron chi connectivity index (χ3n) is 1.74. The zero-order valence-corrected chi connectivity index (χ0v) is 6.41. The lowest BCUT2D eigenvalue weighted by molar-refractivity contribution is 0.682. The van der Waals surface area contributed by atoms with E-state index in [4.69, 9.17) is 0 Å². The molecule has 1 heterocycles. The van der Waals surface area contributed by atoms with Crippen LogP contribution in [-0.4, -0.2) is 6.17 Å². The minimum absolute atomic E-state index is 0.142. The van der Waals surface area contributed by atoms with Gasteiger partial charge in [0, 0.05) is 6.07 Å². The van der Waals surface area contributed by atoms with Gasteiger partial charge in [0.25, 0.3) is 0 Å². The molecule has 0 bridgehead atoms. The average molecular weight is 145 g/mol. The van der Waals surface area contributed by atoms with Crippen LogP contribution in [0, 0.1) is 6.07 Å². The molecule has 0 fully saturated rings. The number of rotatable bonds is 1. The van der Waals surface area contributed by atoms with Crippen molar-refractivity contribution in [3.63, 3.8) is 0 Å². The van der Waals surface area contributed by atoms with E-state index < -0.39 is 0 Å². The van der Waals surface area contributed by atoms with E-state index in [1.807, 2.05) is 18.2 Å². The third-order valence-corrected chi connectivity index (χ3v) is 1.74. The summed E-state index contributed by atoms with van der Waals surface area (Å²) in [6.45, 7) is 2.09. The molecule has 2 heteroatoms. The Kier molecular flexibility index (Phi) is 1.46. The second-order valence-corrected chi connectivity index (χ2v) is 2.55. The Morgan fingerprint density at radius 3 is 3.18 bits per heavy atom. The average Bonchev–Trinajstić information content (AvgIpc) is 2.46. The Labute approximate surface area is 65.3 Å². The quantitative estimate of drug-likeness (QED) is 0.549. The van der Waals surface area contributed by atoms with E-state index in [-0.39, 0.29) is 6.17 Å². The number of benzene rings is 1. The summed E-state index contributed by atoms with van der Waals surface area (Å²) in [5, 5.41) is 1.90. The van der Waals surface area contributed by atoms with E-state index in [9.17, 15) is 0 Å². The van der Waals surface area contributed by atoms with Gasteiger partial charge in [-0.1, -0.05) is 19.1 Å². The van der Waals surface area contributed by atoms with Gasteiger partial charge in [0.05, 0.1) is 10.7 Å². The van der Waals surface area contributed by atoms with E-state index in [0.29, 0.717) is 0 Å². The number of fused-ring (bicyclic) bond motifs is 1. The fourth-order valence-electron chi connectivity index (χ4n) is 1.15. The van der Waals surface area contributed by atoms with E-state index in [1.54, 1.807) is 0 Å². The van der Waals surface area contributed by atoms with E-state index in [0.717, 1.165) is 17.1 Å². The summed E-state index contributed by atoms with van der Waals surface area (Å²) in [5.41, 5.74) is 0. The predicted octanol–water partition coefficient (Wildman–Crippen LogP) is 0.476. The van der Waals surface area contributed by atoms with Gasteiger partial charge in [0.2, 0.25) is 0 Å². The minimum atomic E-state index is 0.142. The van der Waals surface area contributed by atoms with E-state index in [1.165, 1.54) is 0 Å². The van der Waals surface area contributed by atoms with Crippen molar-refractivity contribution in [3.8, 4) is 0 Å². The fraction of sp³-hybridized carbons (Fsp3) is 0.333. The Morgan fingerprint density at radius 1 is 1.55 bits per heavy atom. The van der Waals surface area contributed by atoms with Crippen LogP contribution < -0.4 is 10.7 Å². The lowest BCUT2D eigenvalue weighted by atomic mass is 10.3. The number of para-hydroxylation sites is 1. The number of hydrogen-bond donors (Lipinski definition) is 0. The van der Waals surface area contributed by atoms with Crippen molar-refractivity contribution < 1.29 is 0 Å². The van der Waals surface area contributed by atoms with Crippen molar-refractivity contribution in [2.24, 2.45) is 9.98 Å². The molecule has 1 unspecified atom stereocenters. The van der Waals surface area contributed by atoms with Crippen molar-refractivity contribution in [2.75, 3.05) is 0 Å². The van der Waals surface area contributed by atoms with Crippen LogP contribution in [0.4, 0.5) is 0 Å². The van der Waals surface area contributed by atoms with Gasteiger partial charge < -0.3 is 0 Å². The van der Waals surface area contributed by atoms with Crippen LogP contribution >= 0.6 is 0 Å². The smallest absolute Gasteiger partial charge is 0.140 e. The molecule has 1 aliphatic rings. The molecular formula is C9H9N2. The Balaban J connectivity index is 2.61. The van der Waals surface area contributed by atoms with Crippen LogP contribution in [-0.2, 0) is 0 Å². The zero-order chi connectivity index (χ0) is 7.68. The second kappa shape index (κ2) is 2.46. The molecule has 11 heavy (non-hydrogen) atoms. The monoisotopic (exact) mass is 145 g/mol. The first-order chi connectivity index (χ1) is 5.40. The van der Waals surface area contributed by atoms with Crippen LogP contribution in [0.25, 0.3) is 0 Å². The van der Waals surface area contributed by atoms with Gasteiger partial charge in [0.15, 0.2) is 0 Å². The highest BCUT2D eigenvalue weighted by Gasteiger charge is 2.05. The molecular weight excluding hydrogens is 136 g/mol. The molecule has 0 saturated carbocycles. The summed E-state index contributed by atoms with van der Waals surface area (Å²) in [6.07, 6.45) is 1.12. The van der Waals surface area contributed by atoms with Crippen molar-refractivity contribution in [2.45, 2.75) is 19.5 Å². The van der Waals surface area contributed by atoms with Gasteiger partial charge in [-0.2, -0.15) is 0 Å². The number of nitrogens with zero attached hydrogens (tertiary/aromatic N) is 2. The highest BCUT2D eigenvalue weighted by molar-refractivity contribution is 5.02. The Morgan fingerprint density at radius 2 is 2.45 bits per heavy atom. The SMILES string of the molecule is CCC1N=c2[c]cccc2=N1. The minimum Gasteiger partial charge on any atom is -0.256 e. The lowest BCUT2D eigenvalue weighted by Gasteiger charge is -1.93. The van der Waals surface area contributed by atoms with Gasteiger partial charge >= 0.3 is 0 Å². The molecule has 0 N–H and O–H groups in total. The molecule has 1 atom stereocenters. The summed E-state index contributed by atoms with van der Waals surface area (Å²) in [6, 6.07) is 8.84. The lowest BCUT2D eigenvalue weighted by Crippen LogP contribution is -2.20. The van der Waals surface area contributed by atoms with Crippen LogP contribution in [0.2, 0.25) is 0 Å². The second-order valence-electron chi connectivity index (χ2n) is 2.55. The first kappa shape index (κ1) is 6.53. The molecule has 1 aromatic carbocycles. The third kappa shape index (κ3) is 1.04. The van der Waals surface area contributed by atoms with Gasteiger partial charge in [-0.05, 0) is 12.5 Å². The zero-order valence-electron chi connectivity index (χ0n) is 6.41. The molecule has 55 valence electrons. The van der Waals surface area contributed by atoms with Crippen molar-refractivity contribution in [3.05, 3.63) is 35.0 Å². The molecule has 0 aliphatic carbocycles. The molecule has 1 radical (unpaired) electrons. The number of hydrogen-bond acceptors (Lipinski definition) is 2. The molecule has 0 saturated heterocycles. The molecule has 1 aromatic rings. The predicted molar refractivity (Wildman–Crippen MR) is 41.7 cm³/mol. The van der Waals surface area contributed by atoms with Crippen LogP contribution in [0.15, 0.2) is 28.2 Å². The van der Waals surface area contributed by atoms with Crippen molar-refractivity contribution in [1.82, 2.24) is 0 Å². The fourth-order valence-corrected chi connectivity index (χ4v) is 1.15. The maximum Gasteiger partial charge on any atom is 0.140 e. The van der Waals surface area contributed by atoms with E-state index in [2.05, 4.69) is 23.0 Å². The highest BCUT2D eigenvalue weighted by atomic mass is 15.0. The molecule has 2 rings (SSSR count). The maximum atomic E-state index is 4.37. The highest BCUT2D eigenvalue weighted by Crippen LogP contribution is 1.98. The van der Waals surface area contributed by atoms with E-state index >= 15 is 0 Å². The normalized spacial score (nSPS) is 15.4. The van der Waals surface area contributed by atoms with Gasteiger partial charge in [0.1, 0.15) is 6.17 Å². The van der Waals surface area contributed by atoms with Crippen molar-refractivity contribution in [1.29, 1.82) is 0 Å². The Bertz CT molecular complexity index is 332.